The van der Waals surface area contributed by atoms with Crippen molar-refractivity contribution in [3.05, 3.63) is 22.8 Å². The molecule has 1 aliphatic carbocycles. The Morgan fingerprint density at radius 2 is 1.84 bits per heavy atom. The highest BCUT2D eigenvalue weighted by Gasteiger charge is 2.50. The van der Waals surface area contributed by atoms with E-state index in [4.69, 9.17) is 16.7 Å². The topological polar surface area (TPSA) is 73.7 Å². The molecule has 0 radical (unpaired) electrons. The summed E-state index contributed by atoms with van der Waals surface area (Å²) in [4.78, 5) is 30.2. The van der Waals surface area contributed by atoms with E-state index in [9.17, 15) is 22.8 Å². The second-order valence-corrected chi connectivity index (χ2v) is 6.53. The smallest absolute Gasteiger partial charge is 0.417 e. The Morgan fingerprint density at radius 3 is 2.32 bits per heavy atom. The number of piperazine rings is 1. The van der Waals surface area contributed by atoms with Gasteiger partial charge in [0.05, 0.1) is 22.4 Å². The number of hydrogen-bond donors (Lipinski definition) is 1. The number of rotatable bonds is 3. The molecule has 1 saturated carbocycles. The number of aromatic nitrogens is 1. The third kappa shape index (κ3) is 3.65. The van der Waals surface area contributed by atoms with E-state index in [-0.39, 0.29) is 16.7 Å². The number of amides is 1. The normalized spacial score (nSPS) is 23.5. The van der Waals surface area contributed by atoms with Crippen LogP contribution in [0.15, 0.2) is 12.3 Å². The van der Waals surface area contributed by atoms with E-state index in [2.05, 4.69) is 4.98 Å². The summed E-state index contributed by atoms with van der Waals surface area (Å²) in [5, 5.41) is 8.80. The maximum absolute atomic E-state index is 12.7. The first-order chi connectivity index (χ1) is 11.7. The number of hydrogen-bond acceptors (Lipinski definition) is 4. The molecule has 6 nitrogen and oxygen atoms in total. The standard InChI is InChI=1S/C15H15ClF3N3O3/c16-11-5-8(15(17,18)19)7-20-12(11)21-1-3-22(4-2-21)13(23)9-6-10(9)14(24)25/h5,7,9-10H,1-4,6H2,(H,24,25)/t9-,10+/m1/s1. The van der Waals surface area contributed by atoms with Crippen LogP contribution in [0, 0.1) is 11.8 Å². The van der Waals surface area contributed by atoms with Gasteiger partial charge in [-0.25, -0.2) is 4.98 Å². The van der Waals surface area contributed by atoms with Gasteiger partial charge in [-0.2, -0.15) is 13.2 Å². The number of carboxylic acid groups (broad SMARTS) is 1. The zero-order chi connectivity index (χ0) is 18.4. The number of nitrogens with zero attached hydrogens (tertiary/aromatic N) is 3. The summed E-state index contributed by atoms with van der Waals surface area (Å²) < 4.78 is 38.0. The van der Waals surface area contributed by atoms with Crippen LogP contribution in [-0.4, -0.2) is 53.0 Å². The maximum atomic E-state index is 12.7. The lowest BCUT2D eigenvalue weighted by atomic mass is 10.2. The van der Waals surface area contributed by atoms with E-state index >= 15 is 0 Å². The number of carboxylic acids is 1. The zero-order valence-corrected chi connectivity index (χ0v) is 13.7. The molecule has 0 spiro atoms. The van der Waals surface area contributed by atoms with Crippen molar-refractivity contribution in [2.45, 2.75) is 12.6 Å². The van der Waals surface area contributed by atoms with E-state index in [1.165, 1.54) is 0 Å². The number of halogens is 4. The maximum Gasteiger partial charge on any atom is 0.417 e. The lowest BCUT2D eigenvalue weighted by molar-refractivity contribution is -0.142. The molecule has 0 aromatic carbocycles. The van der Waals surface area contributed by atoms with Gasteiger partial charge in [0.2, 0.25) is 5.91 Å². The molecule has 1 amide bonds. The van der Waals surface area contributed by atoms with E-state index in [1.54, 1.807) is 9.80 Å². The van der Waals surface area contributed by atoms with E-state index in [0.29, 0.717) is 32.6 Å². The summed E-state index contributed by atoms with van der Waals surface area (Å²) in [6.07, 6.45) is -3.41. The Hall–Kier alpha value is -2.03. The molecule has 1 aromatic rings. The van der Waals surface area contributed by atoms with Crippen molar-refractivity contribution in [1.29, 1.82) is 0 Å². The van der Waals surface area contributed by atoms with Crippen molar-refractivity contribution in [3.8, 4) is 0 Å². The van der Waals surface area contributed by atoms with Crippen LogP contribution in [0.4, 0.5) is 19.0 Å². The lowest BCUT2D eigenvalue weighted by Gasteiger charge is -2.36. The minimum atomic E-state index is -4.51. The molecule has 2 fully saturated rings. The van der Waals surface area contributed by atoms with Crippen LogP contribution in [0.3, 0.4) is 0 Å². The van der Waals surface area contributed by atoms with Gasteiger partial charge in [0.25, 0.3) is 0 Å². The summed E-state index contributed by atoms with van der Waals surface area (Å²) in [6.45, 7) is 1.43. The van der Waals surface area contributed by atoms with Gasteiger partial charge < -0.3 is 14.9 Å². The van der Waals surface area contributed by atoms with Gasteiger partial charge in [0.15, 0.2) is 0 Å². The van der Waals surface area contributed by atoms with Crippen molar-refractivity contribution in [1.82, 2.24) is 9.88 Å². The quantitative estimate of drug-likeness (QED) is 0.873. The Kier molecular flexibility index (Phi) is 4.52. The lowest BCUT2D eigenvalue weighted by Crippen LogP contribution is -2.49. The molecule has 1 aliphatic heterocycles. The predicted octanol–water partition coefficient (Wildman–Crippen LogP) is 2.12. The third-order valence-corrected chi connectivity index (χ3v) is 4.74. The first-order valence-corrected chi connectivity index (χ1v) is 8.05. The van der Waals surface area contributed by atoms with E-state index in [1.807, 2.05) is 0 Å². The van der Waals surface area contributed by atoms with Crippen LogP contribution >= 0.6 is 11.6 Å². The third-order valence-electron chi connectivity index (χ3n) is 4.46. The number of carbonyl (C=O) groups is 2. The summed E-state index contributed by atoms with van der Waals surface area (Å²) in [7, 11) is 0. The molecule has 1 saturated heterocycles. The highest BCUT2D eigenvalue weighted by atomic mass is 35.5. The van der Waals surface area contributed by atoms with Crippen LogP contribution in [0.25, 0.3) is 0 Å². The molecule has 2 atom stereocenters. The van der Waals surface area contributed by atoms with Crippen molar-refractivity contribution < 1.29 is 27.9 Å². The second kappa shape index (κ2) is 6.36. The molecule has 0 bridgehead atoms. The van der Waals surface area contributed by atoms with Gasteiger partial charge in [-0.1, -0.05) is 11.6 Å². The first kappa shape index (κ1) is 17.8. The Balaban J connectivity index is 1.61. The number of pyridine rings is 1. The van der Waals surface area contributed by atoms with E-state index < -0.39 is 29.5 Å². The summed E-state index contributed by atoms with van der Waals surface area (Å²) in [5.74, 6) is -1.96. The van der Waals surface area contributed by atoms with Gasteiger partial charge in [-0.05, 0) is 12.5 Å². The molecule has 25 heavy (non-hydrogen) atoms. The molecule has 136 valence electrons. The van der Waals surface area contributed by atoms with Gasteiger partial charge in [-0.15, -0.1) is 0 Å². The van der Waals surface area contributed by atoms with Gasteiger partial charge in [0.1, 0.15) is 5.82 Å². The fraction of sp³-hybridized carbons (Fsp3) is 0.533. The molecule has 1 N–H and O–H groups in total. The molecule has 2 aliphatic rings. The van der Waals surface area contributed by atoms with Crippen LogP contribution < -0.4 is 4.90 Å². The molecule has 2 heterocycles. The van der Waals surface area contributed by atoms with Crippen molar-refractivity contribution in [2.75, 3.05) is 31.1 Å². The SMILES string of the molecule is O=C(O)[C@H]1C[C@H]1C(=O)N1CCN(c2ncc(C(F)(F)F)cc2Cl)CC1. The van der Waals surface area contributed by atoms with Crippen LogP contribution in [0.1, 0.15) is 12.0 Å². The predicted molar refractivity (Wildman–Crippen MR) is 82.3 cm³/mol. The van der Waals surface area contributed by atoms with Gasteiger partial charge >= 0.3 is 12.1 Å². The molecule has 3 rings (SSSR count). The summed E-state index contributed by atoms with van der Waals surface area (Å²) in [6, 6.07) is 0.836. The number of alkyl halides is 3. The Morgan fingerprint density at radius 1 is 1.20 bits per heavy atom. The molecule has 0 unspecified atom stereocenters. The molecular formula is C15H15ClF3N3O3. The van der Waals surface area contributed by atoms with Crippen LogP contribution in [-0.2, 0) is 15.8 Å². The van der Waals surface area contributed by atoms with Gasteiger partial charge in [0, 0.05) is 32.4 Å². The monoisotopic (exact) mass is 377 g/mol. The fourth-order valence-electron chi connectivity index (χ4n) is 2.93. The number of anilines is 1. The molecule has 1 aromatic heterocycles. The van der Waals surface area contributed by atoms with Gasteiger partial charge in [-0.3, -0.25) is 9.59 Å². The average Bonchev–Trinajstić information content (AvgIpc) is 3.34. The summed E-state index contributed by atoms with van der Waals surface area (Å²) >= 11 is 5.93. The van der Waals surface area contributed by atoms with Crippen molar-refractivity contribution in [3.63, 3.8) is 0 Å². The fourth-order valence-corrected chi connectivity index (χ4v) is 3.22. The highest BCUT2D eigenvalue weighted by Crippen LogP contribution is 2.40. The zero-order valence-electron chi connectivity index (χ0n) is 13.0. The number of aliphatic carboxylic acids is 1. The van der Waals surface area contributed by atoms with Crippen molar-refractivity contribution in [2.24, 2.45) is 11.8 Å². The van der Waals surface area contributed by atoms with Crippen LogP contribution in [0.5, 0.6) is 0 Å². The number of carbonyl (C=O) groups excluding carboxylic acids is 1. The highest BCUT2D eigenvalue weighted by molar-refractivity contribution is 6.33. The molecule has 10 heteroatoms. The average molecular weight is 378 g/mol. The van der Waals surface area contributed by atoms with Crippen molar-refractivity contribution >= 4 is 29.3 Å². The second-order valence-electron chi connectivity index (χ2n) is 6.13. The van der Waals surface area contributed by atoms with Crippen LogP contribution in [0.2, 0.25) is 5.02 Å². The largest absolute Gasteiger partial charge is 0.481 e. The minimum Gasteiger partial charge on any atom is -0.481 e. The molecular weight excluding hydrogens is 363 g/mol. The minimum absolute atomic E-state index is 0.0947. The van der Waals surface area contributed by atoms with E-state index in [0.717, 1.165) is 12.3 Å². The Bertz CT molecular complexity index is 705. The summed E-state index contributed by atoms with van der Waals surface area (Å²) in [5.41, 5.74) is -0.913. The first-order valence-electron chi connectivity index (χ1n) is 7.67. The Labute approximate surface area is 146 Å².